The van der Waals surface area contributed by atoms with Crippen molar-refractivity contribution in [3.8, 4) is 11.1 Å². The molecule has 1 aliphatic rings. The molecule has 0 saturated carbocycles. The predicted molar refractivity (Wildman–Crippen MR) is 123 cm³/mol. The van der Waals surface area contributed by atoms with Crippen molar-refractivity contribution in [2.24, 2.45) is 0 Å². The van der Waals surface area contributed by atoms with Gasteiger partial charge in [0.25, 0.3) is 0 Å². The van der Waals surface area contributed by atoms with Crippen molar-refractivity contribution in [3.05, 3.63) is 82.4 Å². The third-order valence-corrected chi connectivity index (χ3v) is 6.70. The third-order valence-electron chi connectivity index (χ3n) is 6.46. The van der Waals surface area contributed by atoms with Gasteiger partial charge in [-0.25, -0.2) is 0 Å². The van der Waals surface area contributed by atoms with Gasteiger partial charge < -0.3 is 0 Å². The zero-order valence-corrected chi connectivity index (χ0v) is 17.9. The monoisotopic (exact) mass is 384 g/mol. The molecular formula is C27H25Cl. The van der Waals surface area contributed by atoms with E-state index in [9.17, 15) is 0 Å². The number of fused-ring (bicyclic) bond motifs is 6. The van der Waals surface area contributed by atoms with Gasteiger partial charge in [0, 0.05) is 10.4 Å². The second-order valence-electron chi connectivity index (χ2n) is 9.69. The molecule has 0 bridgehead atoms. The van der Waals surface area contributed by atoms with Gasteiger partial charge in [0.1, 0.15) is 0 Å². The van der Waals surface area contributed by atoms with Crippen LogP contribution < -0.4 is 0 Å². The Morgan fingerprint density at radius 1 is 0.679 bits per heavy atom. The molecule has 0 N–H and O–H groups in total. The lowest BCUT2D eigenvalue weighted by molar-refractivity contribution is 0.585. The summed E-state index contributed by atoms with van der Waals surface area (Å²) in [6.07, 6.45) is 0. The molecule has 140 valence electrons. The van der Waals surface area contributed by atoms with Crippen molar-refractivity contribution in [1.29, 1.82) is 0 Å². The van der Waals surface area contributed by atoms with Gasteiger partial charge in [-0.05, 0) is 79.0 Å². The Morgan fingerprint density at radius 3 is 2.07 bits per heavy atom. The van der Waals surface area contributed by atoms with Crippen molar-refractivity contribution < 1.29 is 0 Å². The SMILES string of the molecule is CC(C)(C)c1ccc2c(c1)C(C)(C)c1cc3c(ccc4ccc(Cl)cc43)cc1-2. The lowest BCUT2D eigenvalue weighted by Crippen LogP contribution is -2.17. The van der Waals surface area contributed by atoms with Gasteiger partial charge in [-0.3, -0.25) is 0 Å². The first-order valence-electron chi connectivity index (χ1n) is 9.98. The Labute approximate surface area is 172 Å². The molecule has 5 rings (SSSR count). The molecule has 0 spiro atoms. The average molecular weight is 385 g/mol. The van der Waals surface area contributed by atoms with Crippen LogP contribution in [0, 0.1) is 0 Å². The maximum Gasteiger partial charge on any atom is 0.0412 e. The van der Waals surface area contributed by atoms with Gasteiger partial charge in [-0.15, -0.1) is 0 Å². The highest BCUT2D eigenvalue weighted by Crippen LogP contribution is 2.51. The van der Waals surface area contributed by atoms with Gasteiger partial charge in [-0.2, -0.15) is 0 Å². The van der Waals surface area contributed by atoms with Crippen LogP contribution in [0.25, 0.3) is 32.7 Å². The highest BCUT2D eigenvalue weighted by molar-refractivity contribution is 6.31. The second kappa shape index (κ2) is 5.61. The summed E-state index contributed by atoms with van der Waals surface area (Å²) in [7, 11) is 0. The number of hydrogen-bond acceptors (Lipinski definition) is 0. The van der Waals surface area contributed by atoms with Crippen LogP contribution in [0.3, 0.4) is 0 Å². The Hall–Kier alpha value is -2.31. The lowest BCUT2D eigenvalue weighted by Gasteiger charge is -2.25. The first-order chi connectivity index (χ1) is 13.2. The topological polar surface area (TPSA) is 0 Å². The molecule has 0 amide bonds. The molecule has 4 aromatic carbocycles. The Kier molecular flexibility index (Phi) is 3.56. The standard InChI is InChI=1S/C27H25Cl/c1-26(2,3)18-9-11-20-23-12-17-7-6-16-8-10-19(28)14-21(16)22(17)15-25(23)27(4,5)24(20)13-18/h6-15H,1-5H3. The van der Waals surface area contributed by atoms with E-state index in [0.717, 1.165) is 5.02 Å². The van der Waals surface area contributed by atoms with E-state index in [0.29, 0.717) is 0 Å². The normalized spacial score (nSPS) is 15.1. The summed E-state index contributed by atoms with van der Waals surface area (Å²) in [5.41, 5.74) is 7.13. The van der Waals surface area contributed by atoms with Gasteiger partial charge in [0.2, 0.25) is 0 Å². The maximum atomic E-state index is 6.33. The van der Waals surface area contributed by atoms with E-state index in [-0.39, 0.29) is 10.8 Å². The highest BCUT2D eigenvalue weighted by Gasteiger charge is 2.36. The molecule has 1 heteroatoms. The van der Waals surface area contributed by atoms with E-state index in [1.807, 2.05) is 6.07 Å². The zero-order valence-electron chi connectivity index (χ0n) is 17.2. The molecule has 4 aromatic rings. The van der Waals surface area contributed by atoms with Gasteiger partial charge in [0.05, 0.1) is 0 Å². The molecular weight excluding hydrogens is 360 g/mol. The zero-order chi connectivity index (χ0) is 19.8. The molecule has 0 atom stereocenters. The fourth-order valence-electron chi connectivity index (χ4n) is 4.72. The third kappa shape index (κ3) is 2.44. The first-order valence-corrected chi connectivity index (χ1v) is 10.4. The molecule has 0 aromatic heterocycles. The van der Waals surface area contributed by atoms with Crippen LogP contribution in [0.2, 0.25) is 5.02 Å². The highest BCUT2D eigenvalue weighted by atomic mass is 35.5. The largest absolute Gasteiger partial charge is 0.0843 e. The minimum atomic E-state index is -0.0130. The van der Waals surface area contributed by atoms with E-state index < -0.39 is 0 Å². The summed E-state index contributed by atoms with van der Waals surface area (Å²) in [6.45, 7) is 11.6. The molecule has 28 heavy (non-hydrogen) atoms. The number of rotatable bonds is 0. The summed E-state index contributed by atoms with van der Waals surface area (Å²) in [4.78, 5) is 0. The fraction of sp³-hybridized carbons (Fsp3) is 0.259. The molecule has 0 saturated heterocycles. The van der Waals surface area contributed by atoms with Crippen LogP contribution in [0.1, 0.15) is 51.3 Å². The molecule has 0 radical (unpaired) electrons. The summed E-state index contributed by atoms with van der Waals surface area (Å²) in [5.74, 6) is 0. The van der Waals surface area contributed by atoms with E-state index in [1.54, 1.807) is 0 Å². The summed E-state index contributed by atoms with van der Waals surface area (Å²) in [6, 6.07) is 22.4. The van der Waals surface area contributed by atoms with Gasteiger partial charge in [0.15, 0.2) is 0 Å². The van der Waals surface area contributed by atoms with Crippen molar-refractivity contribution in [2.75, 3.05) is 0 Å². The molecule has 0 aliphatic heterocycles. The number of benzene rings is 4. The molecule has 0 unspecified atom stereocenters. The van der Waals surface area contributed by atoms with Crippen molar-refractivity contribution in [3.63, 3.8) is 0 Å². The summed E-state index contributed by atoms with van der Waals surface area (Å²) in [5, 5.41) is 5.82. The van der Waals surface area contributed by atoms with Crippen molar-refractivity contribution >= 4 is 33.1 Å². The Bertz CT molecular complexity index is 1270. The van der Waals surface area contributed by atoms with E-state index in [1.165, 1.54) is 49.4 Å². The minimum absolute atomic E-state index is 0.0130. The second-order valence-corrected chi connectivity index (χ2v) is 10.1. The van der Waals surface area contributed by atoms with Crippen LogP contribution in [0.5, 0.6) is 0 Å². The minimum Gasteiger partial charge on any atom is -0.0843 e. The molecule has 1 aliphatic carbocycles. The molecule has 0 nitrogen and oxygen atoms in total. The van der Waals surface area contributed by atoms with E-state index in [2.05, 4.69) is 89.2 Å². The Morgan fingerprint density at radius 2 is 1.32 bits per heavy atom. The first kappa shape index (κ1) is 17.8. The molecule has 0 heterocycles. The van der Waals surface area contributed by atoms with Crippen LogP contribution in [-0.2, 0) is 10.8 Å². The average Bonchev–Trinajstić information content (AvgIpc) is 2.86. The van der Waals surface area contributed by atoms with Crippen molar-refractivity contribution in [1.82, 2.24) is 0 Å². The van der Waals surface area contributed by atoms with Crippen LogP contribution in [0.4, 0.5) is 0 Å². The van der Waals surface area contributed by atoms with Crippen LogP contribution >= 0.6 is 11.6 Å². The van der Waals surface area contributed by atoms with E-state index >= 15 is 0 Å². The lowest BCUT2D eigenvalue weighted by atomic mass is 9.78. The Balaban J connectivity index is 1.83. The predicted octanol–water partition coefficient (Wildman–Crippen LogP) is 8.25. The van der Waals surface area contributed by atoms with Gasteiger partial charge in [-0.1, -0.05) is 82.6 Å². The molecule has 0 fully saturated rings. The smallest absolute Gasteiger partial charge is 0.0412 e. The summed E-state index contributed by atoms with van der Waals surface area (Å²) < 4.78 is 0. The van der Waals surface area contributed by atoms with Crippen LogP contribution in [0.15, 0.2) is 60.7 Å². The quantitative estimate of drug-likeness (QED) is 0.268. The van der Waals surface area contributed by atoms with Gasteiger partial charge >= 0.3 is 0 Å². The van der Waals surface area contributed by atoms with Crippen LogP contribution in [-0.4, -0.2) is 0 Å². The van der Waals surface area contributed by atoms with Crippen molar-refractivity contribution in [2.45, 2.75) is 45.4 Å². The number of halogens is 1. The number of hydrogen-bond donors (Lipinski definition) is 0. The summed E-state index contributed by atoms with van der Waals surface area (Å²) >= 11 is 6.33. The fourth-order valence-corrected chi connectivity index (χ4v) is 4.89. The maximum absolute atomic E-state index is 6.33. The van der Waals surface area contributed by atoms with E-state index in [4.69, 9.17) is 11.6 Å².